The van der Waals surface area contributed by atoms with Crippen LogP contribution < -0.4 is 0 Å². The van der Waals surface area contributed by atoms with Crippen LogP contribution in [0.1, 0.15) is 59.3 Å². The second-order valence-electron chi connectivity index (χ2n) is 6.04. The molecule has 0 saturated heterocycles. The van der Waals surface area contributed by atoms with Gasteiger partial charge in [0.25, 0.3) is 0 Å². The molecule has 1 fully saturated rings. The van der Waals surface area contributed by atoms with Crippen LogP contribution in [-0.2, 0) is 4.79 Å². The third kappa shape index (κ3) is 1.66. The van der Waals surface area contributed by atoms with E-state index in [-0.39, 0.29) is 0 Å². The number of ketones is 1. The quantitative estimate of drug-likeness (QED) is 0.595. The highest BCUT2D eigenvalue weighted by Crippen LogP contribution is 2.57. The summed E-state index contributed by atoms with van der Waals surface area (Å²) >= 11 is 0. The van der Waals surface area contributed by atoms with Crippen LogP contribution in [0, 0.1) is 10.8 Å². The largest absolute Gasteiger partial charge is 0.299 e. The lowest BCUT2D eigenvalue weighted by atomic mass is 9.63. The SMILES string of the molecule is CC1(C)CCCC1(C)C1=CCC(=O)CC1. The van der Waals surface area contributed by atoms with Crippen molar-refractivity contribution in [2.45, 2.75) is 59.3 Å². The Labute approximate surface area is 92.9 Å². The monoisotopic (exact) mass is 206 g/mol. The standard InChI is InChI=1S/C14H22O/c1-13(2)9-4-10-14(13,3)11-5-7-12(15)8-6-11/h5H,4,6-10H2,1-3H3. The molecule has 0 aliphatic heterocycles. The smallest absolute Gasteiger partial charge is 0.136 e. The average molecular weight is 206 g/mol. The van der Waals surface area contributed by atoms with Crippen LogP contribution in [0.25, 0.3) is 0 Å². The first-order valence-electron chi connectivity index (χ1n) is 6.17. The van der Waals surface area contributed by atoms with Gasteiger partial charge >= 0.3 is 0 Å². The van der Waals surface area contributed by atoms with Crippen molar-refractivity contribution in [3.8, 4) is 0 Å². The van der Waals surface area contributed by atoms with Gasteiger partial charge in [-0.2, -0.15) is 0 Å². The van der Waals surface area contributed by atoms with Gasteiger partial charge in [-0.05, 0) is 30.1 Å². The Bertz CT molecular complexity index is 311. The lowest BCUT2D eigenvalue weighted by Crippen LogP contribution is -2.32. The minimum atomic E-state index is 0.355. The van der Waals surface area contributed by atoms with Gasteiger partial charge in [0.1, 0.15) is 5.78 Å². The van der Waals surface area contributed by atoms with Crippen molar-refractivity contribution in [1.29, 1.82) is 0 Å². The van der Waals surface area contributed by atoms with Gasteiger partial charge in [0, 0.05) is 12.8 Å². The van der Waals surface area contributed by atoms with E-state index in [4.69, 9.17) is 0 Å². The van der Waals surface area contributed by atoms with E-state index in [9.17, 15) is 4.79 Å². The number of Topliss-reactive ketones (excluding diaryl/α,β-unsaturated/α-hetero) is 1. The van der Waals surface area contributed by atoms with E-state index >= 15 is 0 Å². The normalized spacial score (nSPS) is 35.4. The molecule has 84 valence electrons. The van der Waals surface area contributed by atoms with E-state index in [1.807, 2.05) is 0 Å². The summed E-state index contributed by atoms with van der Waals surface area (Å²) in [5.74, 6) is 0.415. The summed E-state index contributed by atoms with van der Waals surface area (Å²) in [6.45, 7) is 7.18. The molecule has 0 bridgehead atoms. The van der Waals surface area contributed by atoms with E-state index < -0.39 is 0 Å². The van der Waals surface area contributed by atoms with Crippen LogP contribution in [0.4, 0.5) is 0 Å². The van der Waals surface area contributed by atoms with Crippen molar-refractivity contribution in [3.63, 3.8) is 0 Å². The molecular formula is C14H22O. The number of allylic oxidation sites excluding steroid dienone is 2. The third-order valence-corrected chi connectivity index (χ3v) is 4.93. The van der Waals surface area contributed by atoms with Crippen LogP contribution in [0.3, 0.4) is 0 Å². The first-order chi connectivity index (χ1) is 6.96. The highest BCUT2D eigenvalue weighted by atomic mass is 16.1. The Hall–Kier alpha value is -0.590. The maximum Gasteiger partial charge on any atom is 0.136 e. The van der Waals surface area contributed by atoms with Crippen LogP contribution in [0.15, 0.2) is 11.6 Å². The van der Waals surface area contributed by atoms with Crippen molar-refractivity contribution in [2.24, 2.45) is 10.8 Å². The molecule has 1 heteroatoms. The molecule has 0 aromatic heterocycles. The van der Waals surface area contributed by atoms with Gasteiger partial charge in [-0.25, -0.2) is 0 Å². The fourth-order valence-electron chi connectivity index (χ4n) is 3.31. The summed E-state index contributed by atoms with van der Waals surface area (Å²) in [4.78, 5) is 11.2. The van der Waals surface area contributed by atoms with Crippen molar-refractivity contribution in [3.05, 3.63) is 11.6 Å². The zero-order valence-electron chi connectivity index (χ0n) is 10.2. The molecule has 2 aliphatic carbocycles. The van der Waals surface area contributed by atoms with E-state index in [1.165, 1.54) is 19.3 Å². The first kappa shape index (κ1) is 10.9. The lowest BCUT2D eigenvalue weighted by Gasteiger charge is -2.42. The van der Waals surface area contributed by atoms with Gasteiger partial charge in [0.05, 0.1) is 0 Å². The summed E-state index contributed by atoms with van der Waals surface area (Å²) < 4.78 is 0. The Kier molecular flexibility index (Phi) is 2.52. The third-order valence-electron chi connectivity index (χ3n) is 4.93. The van der Waals surface area contributed by atoms with Crippen molar-refractivity contribution in [2.75, 3.05) is 0 Å². The maximum absolute atomic E-state index is 11.2. The zero-order valence-corrected chi connectivity index (χ0v) is 10.2. The molecule has 0 N–H and O–H groups in total. The summed E-state index contributed by atoms with van der Waals surface area (Å²) in [5, 5.41) is 0. The number of carbonyl (C=O) groups is 1. The van der Waals surface area contributed by atoms with E-state index in [0.717, 1.165) is 12.8 Å². The number of rotatable bonds is 1. The molecule has 0 amide bonds. The molecule has 0 heterocycles. The van der Waals surface area contributed by atoms with Gasteiger partial charge in [0.15, 0.2) is 0 Å². The van der Waals surface area contributed by atoms with Gasteiger partial charge in [-0.3, -0.25) is 4.79 Å². The molecule has 0 spiro atoms. The van der Waals surface area contributed by atoms with Gasteiger partial charge < -0.3 is 0 Å². The second-order valence-corrected chi connectivity index (χ2v) is 6.04. The van der Waals surface area contributed by atoms with Crippen LogP contribution in [0.2, 0.25) is 0 Å². The minimum Gasteiger partial charge on any atom is -0.299 e. The molecule has 0 radical (unpaired) electrons. The first-order valence-corrected chi connectivity index (χ1v) is 6.17. The Morgan fingerprint density at radius 2 is 1.87 bits per heavy atom. The summed E-state index contributed by atoms with van der Waals surface area (Å²) in [5.41, 5.74) is 2.33. The van der Waals surface area contributed by atoms with Crippen molar-refractivity contribution in [1.82, 2.24) is 0 Å². The Balaban J connectivity index is 2.26. The Morgan fingerprint density at radius 1 is 1.13 bits per heavy atom. The number of carbonyl (C=O) groups excluding carboxylic acids is 1. The maximum atomic E-state index is 11.2. The molecule has 0 aromatic rings. The molecule has 2 rings (SSSR count). The van der Waals surface area contributed by atoms with Gasteiger partial charge in [0.2, 0.25) is 0 Å². The zero-order chi connectivity index (χ0) is 11.1. The molecular weight excluding hydrogens is 184 g/mol. The second kappa shape index (κ2) is 3.47. The van der Waals surface area contributed by atoms with E-state index in [1.54, 1.807) is 5.57 Å². The van der Waals surface area contributed by atoms with Crippen molar-refractivity contribution < 1.29 is 4.79 Å². The van der Waals surface area contributed by atoms with Crippen molar-refractivity contribution >= 4 is 5.78 Å². The summed E-state index contributed by atoms with van der Waals surface area (Å²) in [7, 11) is 0. The molecule has 15 heavy (non-hydrogen) atoms. The number of hydrogen-bond donors (Lipinski definition) is 0. The van der Waals surface area contributed by atoms with Crippen LogP contribution in [-0.4, -0.2) is 5.78 Å². The molecule has 1 nitrogen and oxygen atoms in total. The molecule has 2 aliphatic rings. The fraction of sp³-hybridized carbons (Fsp3) is 0.786. The predicted molar refractivity (Wildman–Crippen MR) is 62.7 cm³/mol. The predicted octanol–water partition coefficient (Wildman–Crippen LogP) is 3.88. The molecule has 0 aromatic carbocycles. The Morgan fingerprint density at radius 3 is 2.33 bits per heavy atom. The van der Waals surface area contributed by atoms with E-state index in [0.29, 0.717) is 23.0 Å². The minimum absolute atomic E-state index is 0.355. The molecule has 1 saturated carbocycles. The summed E-state index contributed by atoms with van der Waals surface area (Å²) in [6.07, 6.45) is 8.67. The van der Waals surface area contributed by atoms with Crippen LogP contribution >= 0.6 is 0 Å². The summed E-state index contributed by atoms with van der Waals surface area (Å²) in [6, 6.07) is 0. The van der Waals surface area contributed by atoms with Gasteiger partial charge in [-0.15, -0.1) is 0 Å². The average Bonchev–Trinajstić information content (AvgIpc) is 2.43. The van der Waals surface area contributed by atoms with Crippen LogP contribution in [0.5, 0.6) is 0 Å². The highest BCUT2D eigenvalue weighted by Gasteiger charge is 2.47. The van der Waals surface area contributed by atoms with E-state index in [2.05, 4.69) is 26.8 Å². The number of hydrogen-bond acceptors (Lipinski definition) is 1. The lowest BCUT2D eigenvalue weighted by molar-refractivity contribution is -0.118. The highest BCUT2D eigenvalue weighted by molar-refractivity contribution is 5.81. The topological polar surface area (TPSA) is 17.1 Å². The molecule has 1 unspecified atom stereocenters. The van der Waals surface area contributed by atoms with Gasteiger partial charge in [-0.1, -0.05) is 38.8 Å². The molecule has 1 atom stereocenters. The fourth-order valence-corrected chi connectivity index (χ4v) is 3.31.